The number of nitrogens with two attached hydrogens (primary N) is 1. The van der Waals surface area contributed by atoms with E-state index in [-0.39, 0.29) is 6.42 Å². The van der Waals surface area contributed by atoms with Crippen molar-refractivity contribution in [3.63, 3.8) is 0 Å². The van der Waals surface area contributed by atoms with E-state index >= 15 is 0 Å². The molecule has 0 amide bonds. The van der Waals surface area contributed by atoms with Gasteiger partial charge in [-0.2, -0.15) is 0 Å². The average Bonchev–Trinajstić information content (AvgIpc) is 2.45. The van der Waals surface area contributed by atoms with E-state index in [2.05, 4.69) is 0 Å². The van der Waals surface area contributed by atoms with Crippen molar-refractivity contribution < 1.29 is 18.3 Å². The molecule has 0 aliphatic rings. The Labute approximate surface area is 122 Å². The van der Waals surface area contributed by atoms with Crippen LogP contribution in [-0.2, 0) is 6.42 Å². The summed E-state index contributed by atoms with van der Waals surface area (Å²) in [7, 11) is 3.06. The molecule has 1 unspecified atom stereocenters. The fourth-order valence-corrected chi connectivity index (χ4v) is 2.30. The first-order valence-corrected chi connectivity index (χ1v) is 6.46. The second-order valence-electron chi connectivity index (χ2n) is 4.67. The Kier molecular flexibility index (Phi) is 4.75. The second kappa shape index (κ2) is 6.54. The lowest BCUT2D eigenvalue weighted by atomic mass is 9.98. The van der Waals surface area contributed by atoms with Gasteiger partial charge in [0.2, 0.25) is 0 Å². The van der Waals surface area contributed by atoms with Crippen LogP contribution in [0.4, 0.5) is 8.78 Å². The minimum absolute atomic E-state index is 0.290. The molecule has 1 atom stereocenters. The van der Waals surface area contributed by atoms with Crippen molar-refractivity contribution >= 4 is 0 Å². The summed E-state index contributed by atoms with van der Waals surface area (Å²) in [6.07, 6.45) is 0.290. The van der Waals surface area contributed by atoms with E-state index in [1.54, 1.807) is 12.1 Å². The molecule has 21 heavy (non-hydrogen) atoms. The number of halogens is 2. The van der Waals surface area contributed by atoms with Crippen LogP contribution in [0.1, 0.15) is 17.2 Å². The standard InChI is InChI=1S/C16H17F2NO2/c1-20-15-5-3-4-13(16(15)21-2)14(19)8-10-6-11(17)9-12(18)7-10/h3-7,9,14H,8,19H2,1-2H3. The maximum atomic E-state index is 13.2. The van der Waals surface area contributed by atoms with Gasteiger partial charge in [-0.1, -0.05) is 12.1 Å². The molecule has 0 spiro atoms. The number of ether oxygens (including phenoxy) is 2. The van der Waals surface area contributed by atoms with Crippen LogP contribution in [0.5, 0.6) is 11.5 Å². The van der Waals surface area contributed by atoms with E-state index in [0.717, 1.165) is 11.6 Å². The molecule has 0 aliphatic carbocycles. The van der Waals surface area contributed by atoms with E-state index < -0.39 is 17.7 Å². The number of rotatable bonds is 5. The molecule has 112 valence electrons. The van der Waals surface area contributed by atoms with Crippen LogP contribution < -0.4 is 15.2 Å². The fourth-order valence-electron chi connectivity index (χ4n) is 2.30. The van der Waals surface area contributed by atoms with E-state index in [1.807, 2.05) is 6.07 Å². The van der Waals surface area contributed by atoms with Gasteiger partial charge in [0.25, 0.3) is 0 Å². The molecule has 0 radical (unpaired) electrons. The monoisotopic (exact) mass is 293 g/mol. The molecule has 0 fully saturated rings. The van der Waals surface area contributed by atoms with Crippen molar-refractivity contribution in [3.05, 3.63) is 59.2 Å². The molecule has 5 heteroatoms. The summed E-state index contributed by atoms with van der Waals surface area (Å²) in [5, 5.41) is 0. The molecule has 0 saturated heterocycles. The van der Waals surface area contributed by atoms with Gasteiger partial charge in [-0.05, 0) is 30.2 Å². The van der Waals surface area contributed by atoms with E-state index in [1.165, 1.54) is 26.4 Å². The zero-order valence-corrected chi connectivity index (χ0v) is 11.9. The number of hydrogen-bond acceptors (Lipinski definition) is 3. The first-order valence-electron chi connectivity index (χ1n) is 6.46. The van der Waals surface area contributed by atoms with Gasteiger partial charge in [0, 0.05) is 17.7 Å². The Bertz CT molecular complexity index is 611. The van der Waals surface area contributed by atoms with Crippen molar-refractivity contribution in [3.8, 4) is 11.5 Å². The summed E-state index contributed by atoms with van der Waals surface area (Å²) in [5.41, 5.74) is 7.36. The summed E-state index contributed by atoms with van der Waals surface area (Å²) in [6, 6.07) is 8.28. The van der Waals surface area contributed by atoms with E-state index in [0.29, 0.717) is 17.1 Å². The summed E-state index contributed by atoms with van der Waals surface area (Å²) in [5.74, 6) is -0.134. The fraction of sp³-hybridized carbons (Fsp3) is 0.250. The normalized spacial score (nSPS) is 12.0. The highest BCUT2D eigenvalue weighted by Gasteiger charge is 2.16. The molecular weight excluding hydrogens is 276 g/mol. The summed E-state index contributed by atoms with van der Waals surface area (Å²) < 4.78 is 37.0. The number of benzene rings is 2. The Morgan fingerprint density at radius 2 is 1.71 bits per heavy atom. The van der Waals surface area contributed by atoms with Gasteiger partial charge in [-0.15, -0.1) is 0 Å². The van der Waals surface area contributed by atoms with Crippen molar-refractivity contribution in [2.75, 3.05) is 14.2 Å². The zero-order chi connectivity index (χ0) is 15.4. The van der Waals surface area contributed by atoms with Crippen molar-refractivity contribution in [1.29, 1.82) is 0 Å². The molecule has 2 rings (SSSR count). The molecule has 2 N–H and O–H groups in total. The SMILES string of the molecule is COc1cccc(C(N)Cc2cc(F)cc(F)c2)c1OC. The quantitative estimate of drug-likeness (QED) is 0.920. The van der Waals surface area contributed by atoms with E-state index in [9.17, 15) is 8.78 Å². The predicted molar refractivity (Wildman–Crippen MR) is 76.5 cm³/mol. The molecule has 2 aromatic rings. The van der Waals surface area contributed by atoms with Crippen LogP contribution in [0.3, 0.4) is 0 Å². The predicted octanol–water partition coefficient (Wildman–Crippen LogP) is 3.22. The number of para-hydroxylation sites is 1. The Balaban J connectivity index is 2.30. The Hall–Kier alpha value is -2.14. The van der Waals surface area contributed by atoms with Gasteiger partial charge < -0.3 is 15.2 Å². The number of hydrogen-bond donors (Lipinski definition) is 1. The van der Waals surface area contributed by atoms with Crippen molar-refractivity contribution in [2.24, 2.45) is 5.73 Å². The van der Waals surface area contributed by atoms with Gasteiger partial charge in [0.15, 0.2) is 11.5 Å². The van der Waals surface area contributed by atoms with Crippen LogP contribution >= 0.6 is 0 Å². The molecule has 3 nitrogen and oxygen atoms in total. The topological polar surface area (TPSA) is 44.5 Å². The van der Waals surface area contributed by atoms with Crippen LogP contribution in [0, 0.1) is 11.6 Å². The van der Waals surface area contributed by atoms with Crippen LogP contribution in [0.25, 0.3) is 0 Å². The second-order valence-corrected chi connectivity index (χ2v) is 4.67. The third-order valence-corrected chi connectivity index (χ3v) is 3.21. The minimum atomic E-state index is -0.616. The van der Waals surface area contributed by atoms with Crippen molar-refractivity contribution in [1.82, 2.24) is 0 Å². The highest BCUT2D eigenvalue weighted by molar-refractivity contribution is 5.48. The Morgan fingerprint density at radius 3 is 2.29 bits per heavy atom. The van der Waals surface area contributed by atoms with Gasteiger partial charge in [-0.25, -0.2) is 8.78 Å². The van der Waals surface area contributed by atoms with E-state index in [4.69, 9.17) is 15.2 Å². The maximum Gasteiger partial charge on any atom is 0.165 e. The molecule has 2 aromatic carbocycles. The first kappa shape index (κ1) is 15.3. The minimum Gasteiger partial charge on any atom is -0.493 e. The lowest BCUT2D eigenvalue weighted by Gasteiger charge is -2.18. The largest absolute Gasteiger partial charge is 0.493 e. The molecular formula is C16H17F2NO2. The smallest absolute Gasteiger partial charge is 0.165 e. The van der Waals surface area contributed by atoms with Gasteiger partial charge in [0.1, 0.15) is 11.6 Å². The zero-order valence-electron chi connectivity index (χ0n) is 11.9. The third kappa shape index (κ3) is 3.49. The van der Waals surface area contributed by atoms with Crippen LogP contribution in [0.2, 0.25) is 0 Å². The molecule has 0 saturated carbocycles. The number of methoxy groups -OCH3 is 2. The summed E-state index contributed by atoms with van der Waals surface area (Å²) >= 11 is 0. The van der Waals surface area contributed by atoms with Crippen LogP contribution in [-0.4, -0.2) is 14.2 Å². The maximum absolute atomic E-state index is 13.2. The van der Waals surface area contributed by atoms with Crippen LogP contribution in [0.15, 0.2) is 36.4 Å². The first-order chi connectivity index (χ1) is 10.0. The highest BCUT2D eigenvalue weighted by Crippen LogP contribution is 2.34. The highest BCUT2D eigenvalue weighted by atomic mass is 19.1. The molecule has 0 bridgehead atoms. The summed E-state index contributed by atoms with van der Waals surface area (Å²) in [6.45, 7) is 0. The molecule has 0 aromatic heterocycles. The average molecular weight is 293 g/mol. The Morgan fingerprint density at radius 1 is 1.05 bits per heavy atom. The lowest BCUT2D eigenvalue weighted by Crippen LogP contribution is -2.15. The molecule has 0 heterocycles. The van der Waals surface area contributed by atoms with Crippen molar-refractivity contribution in [2.45, 2.75) is 12.5 Å². The van der Waals surface area contributed by atoms with Gasteiger partial charge in [-0.3, -0.25) is 0 Å². The van der Waals surface area contributed by atoms with Gasteiger partial charge in [0.05, 0.1) is 14.2 Å². The van der Waals surface area contributed by atoms with Gasteiger partial charge >= 0.3 is 0 Å². The lowest BCUT2D eigenvalue weighted by molar-refractivity contribution is 0.349. The molecule has 0 aliphatic heterocycles. The summed E-state index contributed by atoms with van der Waals surface area (Å²) in [4.78, 5) is 0. The third-order valence-electron chi connectivity index (χ3n) is 3.21.